The molecule has 1 atom stereocenters. The highest BCUT2D eigenvalue weighted by Gasteiger charge is 2.19. The van der Waals surface area contributed by atoms with E-state index in [0.717, 1.165) is 24.3 Å². The Labute approximate surface area is 88.7 Å². The van der Waals surface area contributed by atoms with Crippen LogP contribution in [0.1, 0.15) is 18.0 Å². The van der Waals surface area contributed by atoms with Crippen molar-refractivity contribution >= 4 is 10.8 Å². The highest BCUT2D eigenvalue weighted by atomic mass is 16.5. The quantitative estimate of drug-likeness (QED) is 0.707. The molecule has 2 nitrogen and oxygen atoms in total. The van der Waals surface area contributed by atoms with E-state index >= 15 is 0 Å². The Morgan fingerprint density at radius 3 is 2.93 bits per heavy atom. The van der Waals surface area contributed by atoms with Gasteiger partial charge in [0.25, 0.3) is 0 Å². The first kappa shape index (κ1) is 8.74. The van der Waals surface area contributed by atoms with Crippen molar-refractivity contribution in [2.24, 2.45) is 5.73 Å². The van der Waals surface area contributed by atoms with Crippen LogP contribution in [0, 0.1) is 0 Å². The number of hydrogen-bond donors (Lipinski definition) is 1. The summed E-state index contributed by atoms with van der Waals surface area (Å²) in [4.78, 5) is 0. The molecule has 2 aromatic carbocycles. The molecule has 1 aliphatic rings. The molecule has 1 aliphatic heterocycles. The van der Waals surface area contributed by atoms with Gasteiger partial charge in [-0.15, -0.1) is 0 Å². The van der Waals surface area contributed by atoms with E-state index in [-0.39, 0.29) is 6.04 Å². The summed E-state index contributed by atoms with van der Waals surface area (Å²) in [5.41, 5.74) is 7.20. The highest BCUT2D eigenvalue weighted by Crippen LogP contribution is 2.36. The lowest BCUT2D eigenvalue weighted by molar-refractivity contribution is 0.272. The van der Waals surface area contributed by atoms with Crippen molar-refractivity contribution in [3.63, 3.8) is 0 Å². The summed E-state index contributed by atoms with van der Waals surface area (Å²) in [6, 6.07) is 12.6. The first-order valence-corrected chi connectivity index (χ1v) is 5.26. The number of nitrogens with two attached hydrogens (primary N) is 1. The summed E-state index contributed by atoms with van der Waals surface area (Å²) >= 11 is 0. The molecular formula is C13H13NO. The minimum Gasteiger partial charge on any atom is -0.493 e. The van der Waals surface area contributed by atoms with E-state index < -0.39 is 0 Å². The normalized spacial score (nSPS) is 19.7. The van der Waals surface area contributed by atoms with Gasteiger partial charge >= 0.3 is 0 Å². The van der Waals surface area contributed by atoms with Crippen molar-refractivity contribution < 1.29 is 4.74 Å². The number of benzene rings is 2. The Kier molecular flexibility index (Phi) is 1.89. The van der Waals surface area contributed by atoms with Crippen molar-refractivity contribution in [3.8, 4) is 5.75 Å². The molecule has 0 spiro atoms. The van der Waals surface area contributed by atoms with Crippen LogP contribution in [-0.4, -0.2) is 6.61 Å². The minimum atomic E-state index is 0.123. The molecule has 15 heavy (non-hydrogen) atoms. The zero-order valence-corrected chi connectivity index (χ0v) is 8.44. The van der Waals surface area contributed by atoms with Crippen LogP contribution in [0.3, 0.4) is 0 Å². The fraction of sp³-hybridized carbons (Fsp3) is 0.231. The predicted molar refractivity (Wildman–Crippen MR) is 61.0 cm³/mol. The summed E-state index contributed by atoms with van der Waals surface area (Å²) in [5, 5.41) is 2.38. The molecule has 2 N–H and O–H groups in total. The molecule has 1 heterocycles. The lowest BCUT2D eigenvalue weighted by Gasteiger charge is -2.24. The average Bonchev–Trinajstić information content (AvgIpc) is 2.29. The molecule has 0 saturated heterocycles. The monoisotopic (exact) mass is 199 g/mol. The van der Waals surface area contributed by atoms with E-state index in [1.807, 2.05) is 12.1 Å². The van der Waals surface area contributed by atoms with E-state index in [1.54, 1.807) is 0 Å². The third kappa shape index (κ3) is 1.29. The molecule has 0 saturated carbocycles. The molecule has 0 radical (unpaired) electrons. The van der Waals surface area contributed by atoms with Gasteiger partial charge in [0.2, 0.25) is 0 Å². The Morgan fingerprint density at radius 2 is 2.00 bits per heavy atom. The van der Waals surface area contributed by atoms with E-state index in [2.05, 4.69) is 24.3 Å². The van der Waals surface area contributed by atoms with E-state index in [0.29, 0.717) is 0 Å². The second kappa shape index (κ2) is 3.24. The van der Waals surface area contributed by atoms with Crippen LogP contribution in [0.25, 0.3) is 10.8 Å². The smallest absolute Gasteiger partial charge is 0.131 e. The molecule has 0 fully saturated rings. The average molecular weight is 199 g/mol. The van der Waals surface area contributed by atoms with Gasteiger partial charge in [0.05, 0.1) is 6.61 Å². The maximum atomic E-state index is 6.06. The van der Waals surface area contributed by atoms with Gasteiger partial charge < -0.3 is 10.5 Å². The number of fused-ring (bicyclic) bond motifs is 3. The second-order valence-electron chi connectivity index (χ2n) is 3.95. The van der Waals surface area contributed by atoms with Crippen molar-refractivity contribution in [1.82, 2.24) is 0 Å². The molecule has 2 heteroatoms. The predicted octanol–water partition coefficient (Wildman–Crippen LogP) is 2.62. The van der Waals surface area contributed by atoms with E-state index in [1.165, 1.54) is 10.8 Å². The molecular weight excluding hydrogens is 186 g/mol. The SMILES string of the molecule is N[C@H]1CCOc2c1ccc1ccccc21. The molecule has 0 unspecified atom stereocenters. The second-order valence-corrected chi connectivity index (χ2v) is 3.95. The number of hydrogen-bond acceptors (Lipinski definition) is 2. The zero-order chi connectivity index (χ0) is 10.3. The summed E-state index contributed by atoms with van der Waals surface area (Å²) in [6.07, 6.45) is 0.908. The molecule has 0 aliphatic carbocycles. The molecule has 0 bridgehead atoms. The van der Waals surface area contributed by atoms with Crippen molar-refractivity contribution in [2.45, 2.75) is 12.5 Å². The molecule has 0 aromatic heterocycles. The third-order valence-electron chi connectivity index (χ3n) is 2.98. The van der Waals surface area contributed by atoms with Crippen LogP contribution >= 0.6 is 0 Å². The van der Waals surface area contributed by atoms with Crippen LogP contribution in [0.15, 0.2) is 36.4 Å². The van der Waals surface area contributed by atoms with E-state index in [9.17, 15) is 0 Å². The Hall–Kier alpha value is -1.54. The van der Waals surface area contributed by atoms with Gasteiger partial charge in [0, 0.05) is 23.4 Å². The zero-order valence-electron chi connectivity index (χ0n) is 8.44. The molecule has 2 aromatic rings. The lowest BCUT2D eigenvalue weighted by atomic mass is 9.97. The Morgan fingerprint density at radius 1 is 1.13 bits per heavy atom. The third-order valence-corrected chi connectivity index (χ3v) is 2.98. The van der Waals surface area contributed by atoms with Gasteiger partial charge in [-0.2, -0.15) is 0 Å². The lowest BCUT2D eigenvalue weighted by Crippen LogP contribution is -2.20. The standard InChI is InChI=1S/C13H13NO/c14-12-7-8-15-13-10-4-2-1-3-9(10)5-6-11(12)13/h1-6,12H,7-8,14H2/t12-/m0/s1. The van der Waals surface area contributed by atoms with E-state index in [4.69, 9.17) is 10.5 Å². The number of rotatable bonds is 0. The first-order valence-electron chi connectivity index (χ1n) is 5.26. The Balaban J connectivity index is 2.33. The highest BCUT2D eigenvalue weighted by molar-refractivity contribution is 5.89. The van der Waals surface area contributed by atoms with Crippen LogP contribution in [0.5, 0.6) is 5.75 Å². The topological polar surface area (TPSA) is 35.2 Å². The van der Waals surface area contributed by atoms with Gasteiger partial charge in [-0.3, -0.25) is 0 Å². The van der Waals surface area contributed by atoms with Crippen LogP contribution < -0.4 is 10.5 Å². The van der Waals surface area contributed by atoms with Gasteiger partial charge in [-0.25, -0.2) is 0 Å². The fourth-order valence-electron chi connectivity index (χ4n) is 2.16. The molecule has 0 amide bonds. The van der Waals surface area contributed by atoms with Crippen LogP contribution in [0.4, 0.5) is 0 Å². The van der Waals surface area contributed by atoms with Crippen molar-refractivity contribution in [1.29, 1.82) is 0 Å². The summed E-state index contributed by atoms with van der Waals surface area (Å²) in [5.74, 6) is 0.979. The van der Waals surface area contributed by atoms with Gasteiger partial charge in [0.1, 0.15) is 5.75 Å². The first-order chi connectivity index (χ1) is 7.36. The summed E-state index contributed by atoms with van der Waals surface area (Å²) < 4.78 is 5.73. The van der Waals surface area contributed by atoms with Gasteiger partial charge in [0.15, 0.2) is 0 Å². The molecule has 76 valence electrons. The molecule has 3 rings (SSSR count). The van der Waals surface area contributed by atoms with Crippen LogP contribution in [-0.2, 0) is 0 Å². The summed E-state index contributed by atoms with van der Waals surface area (Å²) in [6.45, 7) is 0.724. The summed E-state index contributed by atoms with van der Waals surface area (Å²) in [7, 11) is 0. The largest absolute Gasteiger partial charge is 0.493 e. The maximum absolute atomic E-state index is 6.06. The van der Waals surface area contributed by atoms with Crippen molar-refractivity contribution in [2.75, 3.05) is 6.61 Å². The van der Waals surface area contributed by atoms with Gasteiger partial charge in [-0.05, 0) is 5.39 Å². The fourth-order valence-corrected chi connectivity index (χ4v) is 2.16. The maximum Gasteiger partial charge on any atom is 0.131 e. The van der Waals surface area contributed by atoms with Crippen LogP contribution in [0.2, 0.25) is 0 Å². The minimum absolute atomic E-state index is 0.123. The van der Waals surface area contributed by atoms with Crippen molar-refractivity contribution in [3.05, 3.63) is 42.0 Å². The Bertz CT molecular complexity index is 507. The van der Waals surface area contributed by atoms with Gasteiger partial charge in [-0.1, -0.05) is 36.4 Å². The number of ether oxygens (including phenoxy) is 1.